The van der Waals surface area contributed by atoms with Crippen LogP contribution in [0, 0.1) is 0 Å². The number of alkyl halides is 1. The van der Waals surface area contributed by atoms with E-state index in [4.69, 9.17) is 14.2 Å². The van der Waals surface area contributed by atoms with Gasteiger partial charge in [-0.05, 0) is 77.7 Å². The molecule has 0 aromatic heterocycles. The highest BCUT2D eigenvalue weighted by Crippen LogP contribution is 2.31. The molecular formula is C32H30BrNO5. The average Bonchev–Trinajstić information content (AvgIpc) is 2.92. The van der Waals surface area contributed by atoms with Crippen LogP contribution in [-0.2, 0) is 11.3 Å². The molecule has 7 heteroatoms. The summed E-state index contributed by atoms with van der Waals surface area (Å²) in [5, 5.41) is 2.92. The van der Waals surface area contributed by atoms with E-state index in [-0.39, 0.29) is 12.2 Å². The molecule has 0 unspecified atom stereocenters. The van der Waals surface area contributed by atoms with Crippen molar-refractivity contribution in [2.24, 2.45) is 0 Å². The molecule has 0 aliphatic carbocycles. The van der Waals surface area contributed by atoms with E-state index in [1.54, 1.807) is 51.1 Å². The van der Waals surface area contributed by atoms with Crippen molar-refractivity contribution in [3.05, 3.63) is 114 Å². The van der Waals surface area contributed by atoms with Crippen LogP contribution in [-0.4, -0.2) is 23.0 Å². The van der Waals surface area contributed by atoms with Crippen LogP contribution in [0.3, 0.4) is 0 Å². The summed E-state index contributed by atoms with van der Waals surface area (Å²) in [5.74, 6) is -0.0580. The molecule has 1 amide bonds. The van der Waals surface area contributed by atoms with Gasteiger partial charge in [0.05, 0.1) is 16.8 Å². The monoisotopic (exact) mass is 587 g/mol. The van der Waals surface area contributed by atoms with Gasteiger partial charge in [-0.3, -0.25) is 4.79 Å². The first-order valence-electron chi connectivity index (χ1n) is 12.5. The molecule has 6 nitrogen and oxygen atoms in total. The SMILES string of the molecule is CC(C)(C)OC(=O)c1ccc(-c2ccccc2)cc1NC(=O)c1ccc(OCBr)cc1OCc1ccccc1. The molecule has 0 spiro atoms. The maximum Gasteiger partial charge on any atom is 0.340 e. The van der Waals surface area contributed by atoms with Gasteiger partial charge in [-0.2, -0.15) is 0 Å². The van der Waals surface area contributed by atoms with Crippen molar-refractivity contribution in [1.82, 2.24) is 0 Å². The van der Waals surface area contributed by atoms with Crippen LogP contribution < -0.4 is 14.8 Å². The third kappa shape index (κ3) is 7.71. The van der Waals surface area contributed by atoms with Gasteiger partial charge in [-0.1, -0.05) is 66.7 Å². The van der Waals surface area contributed by atoms with Crippen LogP contribution in [0.4, 0.5) is 5.69 Å². The Kier molecular flexibility index (Phi) is 9.04. The zero-order valence-corrected chi connectivity index (χ0v) is 23.7. The number of rotatable bonds is 9. The number of carbonyl (C=O) groups is 2. The molecule has 4 aromatic rings. The number of nitrogens with one attached hydrogen (secondary N) is 1. The van der Waals surface area contributed by atoms with Gasteiger partial charge in [0, 0.05) is 6.07 Å². The molecule has 0 saturated heterocycles. The van der Waals surface area contributed by atoms with Crippen LogP contribution in [0.15, 0.2) is 97.1 Å². The predicted octanol–water partition coefficient (Wildman–Crippen LogP) is 7.87. The molecule has 0 saturated carbocycles. The van der Waals surface area contributed by atoms with E-state index in [1.807, 2.05) is 66.7 Å². The summed E-state index contributed by atoms with van der Waals surface area (Å²) in [7, 11) is 0. The first-order valence-corrected chi connectivity index (χ1v) is 13.6. The zero-order valence-electron chi connectivity index (χ0n) is 22.1. The van der Waals surface area contributed by atoms with E-state index in [2.05, 4.69) is 21.2 Å². The highest BCUT2D eigenvalue weighted by molar-refractivity contribution is 9.09. The van der Waals surface area contributed by atoms with E-state index in [1.165, 1.54) is 0 Å². The van der Waals surface area contributed by atoms with Gasteiger partial charge in [-0.15, -0.1) is 0 Å². The Labute approximate surface area is 237 Å². The first kappa shape index (κ1) is 27.9. The standard InChI is InChI=1S/C32H30BrNO5/c1-32(2,3)39-31(36)26-16-14-24(23-12-8-5-9-13-23)18-28(26)34-30(35)27-17-15-25(38-21-33)19-29(27)37-20-22-10-6-4-7-11-22/h4-19H,20-21H2,1-3H3,(H,34,35). The van der Waals surface area contributed by atoms with Crippen molar-refractivity contribution in [2.45, 2.75) is 33.0 Å². The minimum Gasteiger partial charge on any atom is -0.488 e. The van der Waals surface area contributed by atoms with Gasteiger partial charge < -0.3 is 19.5 Å². The smallest absolute Gasteiger partial charge is 0.340 e. The normalized spacial score (nSPS) is 11.0. The molecular weight excluding hydrogens is 558 g/mol. The number of esters is 1. The summed E-state index contributed by atoms with van der Waals surface area (Å²) in [6.07, 6.45) is 0. The van der Waals surface area contributed by atoms with Crippen molar-refractivity contribution in [3.63, 3.8) is 0 Å². The molecule has 39 heavy (non-hydrogen) atoms. The van der Waals surface area contributed by atoms with Gasteiger partial charge in [0.15, 0.2) is 0 Å². The molecule has 0 fully saturated rings. The highest BCUT2D eigenvalue weighted by Gasteiger charge is 2.23. The Morgan fingerprint density at radius 1 is 0.769 bits per heavy atom. The quantitative estimate of drug-likeness (QED) is 0.159. The summed E-state index contributed by atoms with van der Waals surface area (Å²) in [4.78, 5) is 26.7. The Morgan fingerprint density at radius 2 is 1.44 bits per heavy atom. The predicted molar refractivity (Wildman–Crippen MR) is 157 cm³/mol. The molecule has 200 valence electrons. The Bertz CT molecular complexity index is 1430. The lowest BCUT2D eigenvalue weighted by molar-refractivity contribution is 0.00708. The number of carbonyl (C=O) groups excluding carboxylic acids is 2. The van der Waals surface area contributed by atoms with Crippen LogP contribution in [0.25, 0.3) is 11.1 Å². The maximum atomic E-state index is 13.6. The fourth-order valence-electron chi connectivity index (χ4n) is 3.86. The second kappa shape index (κ2) is 12.6. The molecule has 0 aliphatic rings. The van der Waals surface area contributed by atoms with E-state index < -0.39 is 17.5 Å². The van der Waals surface area contributed by atoms with Crippen molar-refractivity contribution < 1.29 is 23.8 Å². The van der Waals surface area contributed by atoms with Crippen molar-refractivity contribution in [3.8, 4) is 22.6 Å². The third-order valence-corrected chi connectivity index (χ3v) is 5.88. The van der Waals surface area contributed by atoms with E-state index in [9.17, 15) is 9.59 Å². The maximum absolute atomic E-state index is 13.6. The van der Waals surface area contributed by atoms with Crippen LogP contribution in [0.1, 0.15) is 47.1 Å². The summed E-state index contributed by atoms with van der Waals surface area (Å²) in [5.41, 5.74) is 3.25. The van der Waals surface area contributed by atoms with E-state index >= 15 is 0 Å². The minimum atomic E-state index is -0.694. The van der Waals surface area contributed by atoms with Gasteiger partial charge in [0.2, 0.25) is 0 Å². The number of benzene rings is 4. The summed E-state index contributed by atoms with van der Waals surface area (Å²) in [6.45, 7) is 5.67. The molecule has 1 N–H and O–H groups in total. The van der Waals surface area contributed by atoms with Crippen LogP contribution in [0.2, 0.25) is 0 Å². The lowest BCUT2D eigenvalue weighted by Gasteiger charge is -2.21. The van der Waals surface area contributed by atoms with E-state index in [0.29, 0.717) is 28.3 Å². The van der Waals surface area contributed by atoms with Crippen molar-refractivity contribution in [2.75, 3.05) is 10.8 Å². The summed E-state index contributed by atoms with van der Waals surface area (Å²) in [6, 6.07) is 29.7. The van der Waals surface area contributed by atoms with Crippen LogP contribution >= 0.6 is 15.9 Å². The van der Waals surface area contributed by atoms with Gasteiger partial charge >= 0.3 is 5.97 Å². The third-order valence-electron chi connectivity index (χ3n) is 5.65. The number of amides is 1. The zero-order chi connectivity index (χ0) is 27.8. The fourth-order valence-corrected chi connectivity index (χ4v) is 4.12. The average molecular weight is 588 g/mol. The topological polar surface area (TPSA) is 73.9 Å². The van der Waals surface area contributed by atoms with Crippen molar-refractivity contribution in [1.29, 1.82) is 0 Å². The van der Waals surface area contributed by atoms with Gasteiger partial charge in [0.25, 0.3) is 5.91 Å². The number of ether oxygens (including phenoxy) is 3. The van der Waals surface area contributed by atoms with Crippen molar-refractivity contribution >= 4 is 33.5 Å². The summed E-state index contributed by atoms with van der Waals surface area (Å²) < 4.78 is 17.2. The second-order valence-corrected chi connectivity index (χ2v) is 10.2. The van der Waals surface area contributed by atoms with Crippen LogP contribution in [0.5, 0.6) is 11.5 Å². The van der Waals surface area contributed by atoms with E-state index in [0.717, 1.165) is 16.7 Å². The lowest BCUT2D eigenvalue weighted by Crippen LogP contribution is -2.25. The molecule has 0 radical (unpaired) electrons. The highest BCUT2D eigenvalue weighted by atomic mass is 79.9. The molecule has 4 rings (SSSR count). The molecule has 0 aliphatic heterocycles. The largest absolute Gasteiger partial charge is 0.488 e. The molecule has 4 aromatic carbocycles. The number of hydrogen-bond acceptors (Lipinski definition) is 5. The minimum absolute atomic E-state index is 0.254. The number of halogens is 1. The first-order chi connectivity index (χ1) is 18.7. The summed E-state index contributed by atoms with van der Waals surface area (Å²) >= 11 is 3.26. The Morgan fingerprint density at radius 3 is 2.10 bits per heavy atom. The molecule has 0 heterocycles. The number of hydrogen-bond donors (Lipinski definition) is 1. The molecule has 0 bridgehead atoms. The number of anilines is 1. The fraction of sp³-hybridized carbons (Fsp3) is 0.188. The molecule has 0 atom stereocenters. The Hall–Kier alpha value is -4.10. The Balaban J connectivity index is 1.68. The second-order valence-electron chi connectivity index (χ2n) is 9.77. The van der Waals surface area contributed by atoms with Gasteiger partial charge in [-0.25, -0.2) is 4.79 Å². The van der Waals surface area contributed by atoms with Gasteiger partial charge in [0.1, 0.15) is 29.2 Å². The lowest BCUT2D eigenvalue weighted by atomic mass is 10.0.